The molecule has 0 radical (unpaired) electrons. The average molecular weight is 549 g/mol. The number of ether oxygens (including phenoxy) is 4. The van der Waals surface area contributed by atoms with Gasteiger partial charge in [-0.15, -0.1) is 0 Å². The highest BCUT2D eigenvalue weighted by molar-refractivity contribution is 5.93. The van der Waals surface area contributed by atoms with Crippen molar-refractivity contribution in [3.05, 3.63) is 63.9 Å². The van der Waals surface area contributed by atoms with Crippen molar-refractivity contribution in [2.75, 3.05) is 45.6 Å². The number of amides is 2. The number of carbonyl (C=O) groups is 2. The lowest BCUT2D eigenvalue weighted by Crippen LogP contribution is -2.27. The number of nitrogens with zero attached hydrogens (tertiary/aromatic N) is 1. The van der Waals surface area contributed by atoms with Crippen LogP contribution in [0.15, 0.2) is 47.4 Å². The van der Waals surface area contributed by atoms with Crippen molar-refractivity contribution in [1.29, 1.82) is 0 Å². The van der Waals surface area contributed by atoms with Crippen molar-refractivity contribution in [1.82, 2.24) is 10.3 Å². The second-order valence-corrected chi connectivity index (χ2v) is 9.09. The number of nitrogens with one attached hydrogen (secondary N) is 3. The predicted molar refractivity (Wildman–Crippen MR) is 151 cm³/mol. The van der Waals surface area contributed by atoms with Crippen LogP contribution in [-0.4, -0.2) is 51.8 Å². The van der Waals surface area contributed by atoms with E-state index in [0.29, 0.717) is 52.8 Å². The van der Waals surface area contributed by atoms with Crippen LogP contribution in [0.1, 0.15) is 30.5 Å². The summed E-state index contributed by atoms with van der Waals surface area (Å²) >= 11 is 0. The normalized spacial score (nSPS) is 13.6. The summed E-state index contributed by atoms with van der Waals surface area (Å²) in [4.78, 5) is 42.1. The molecule has 1 heterocycles. The third-order valence-electron chi connectivity index (χ3n) is 6.58. The Kier molecular flexibility index (Phi) is 8.73. The van der Waals surface area contributed by atoms with E-state index in [1.54, 1.807) is 38.5 Å². The van der Waals surface area contributed by atoms with E-state index in [1.807, 2.05) is 6.07 Å². The Balaban J connectivity index is 1.74. The van der Waals surface area contributed by atoms with E-state index in [-0.39, 0.29) is 29.5 Å². The molecule has 1 aliphatic carbocycles. The molecule has 1 aliphatic rings. The minimum Gasteiger partial charge on any atom is -0.493 e. The fraction of sp³-hybridized carbons (Fsp3) is 0.310. The molecule has 3 N–H and O–H groups in total. The topological polar surface area (TPSA) is 137 Å². The molecule has 40 heavy (non-hydrogen) atoms. The van der Waals surface area contributed by atoms with Gasteiger partial charge in [-0.3, -0.25) is 14.4 Å². The van der Waals surface area contributed by atoms with Gasteiger partial charge in [0.2, 0.25) is 28.9 Å². The van der Waals surface area contributed by atoms with E-state index < -0.39 is 6.04 Å². The largest absolute Gasteiger partial charge is 0.493 e. The third-order valence-corrected chi connectivity index (χ3v) is 6.58. The molecule has 0 saturated heterocycles. The second-order valence-electron chi connectivity index (χ2n) is 9.09. The van der Waals surface area contributed by atoms with Gasteiger partial charge < -0.3 is 34.9 Å². The molecule has 2 amide bonds. The highest BCUT2D eigenvalue weighted by atomic mass is 16.5. The molecule has 1 atom stereocenters. The number of pyridine rings is 1. The van der Waals surface area contributed by atoms with Crippen LogP contribution >= 0.6 is 0 Å². The zero-order chi connectivity index (χ0) is 28.8. The first-order valence-corrected chi connectivity index (χ1v) is 12.6. The second kappa shape index (κ2) is 12.4. The molecule has 11 nitrogen and oxygen atoms in total. The molecule has 0 unspecified atom stereocenters. The molecule has 11 heteroatoms. The van der Waals surface area contributed by atoms with E-state index in [9.17, 15) is 14.4 Å². The van der Waals surface area contributed by atoms with Crippen molar-refractivity contribution < 1.29 is 28.5 Å². The fourth-order valence-corrected chi connectivity index (χ4v) is 4.81. The zero-order valence-corrected chi connectivity index (χ0v) is 23.0. The number of hydrogen-bond acceptors (Lipinski definition) is 9. The van der Waals surface area contributed by atoms with Crippen molar-refractivity contribution in [3.8, 4) is 34.3 Å². The van der Waals surface area contributed by atoms with Gasteiger partial charge in [0.05, 0.1) is 58.6 Å². The first-order chi connectivity index (χ1) is 19.3. The number of rotatable bonds is 9. The van der Waals surface area contributed by atoms with Gasteiger partial charge in [-0.2, -0.15) is 0 Å². The molecule has 0 spiro atoms. The molecular weight excluding hydrogens is 516 g/mol. The molecule has 0 saturated carbocycles. The summed E-state index contributed by atoms with van der Waals surface area (Å²) in [5.41, 5.74) is 3.37. The third kappa shape index (κ3) is 5.93. The Bertz CT molecular complexity index is 1470. The number of anilines is 2. The predicted octanol–water partition coefficient (Wildman–Crippen LogP) is 3.32. The summed E-state index contributed by atoms with van der Waals surface area (Å²) in [5, 5.41) is 8.63. The van der Waals surface area contributed by atoms with Crippen LogP contribution in [0.4, 0.5) is 11.4 Å². The van der Waals surface area contributed by atoms with Crippen molar-refractivity contribution >= 4 is 23.2 Å². The number of benzene rings is 1. The maximum absolute atomic E-state index is 13.4. The number of aryl methyl sites for hydroxylation is 1. The molecule has 1 aromatic heterocycles. The van der Waals surface area contributed by atoms with Gasteiger partial charge in [-0.25, -0.2) is 4.98 Å². The van der Waals surface area contributed by atoms with Gasteiger partial charge in [0.25, 0.3) is 0 Å². The van der Waals surface area contributed by atoms with E-state index in [0.717, 1.165) is 11.1 Å². The van der Waals surface area contributed by atoms with Gasteiger partial charge in [0.15, 0.2) is 11.5 Å². The Morgan fingerprint density at radius 2 is 1.75 bits per heavy atom. The number of aromatic nitrogens is 1. The standard InChI is InChI=1S/C29H32N4O7/c1-16(34)32-21-9-6-17-12-24(37-2)28(39-4)29(40-5)27(17)19-8-10-22(23(35)13-20(19)21)30-15-25(36)33-18-7-11-26(38-3)31-14-18/h7-8,10-14,21H,6,9,15H2,1-5H3,(H,30,35)(H,32,34)(H,33,36)/t21-/m0/s1. The van der Waals surface area contributed by atoms with Crippen molar-refractivity contribution in [2.45, 2.75) is 25.8 Å². The number of methoxy groups -OCH3 is 4. The Morgan fingerprint density at radius 1 is 0.975 bits per heavy atom. The molecule has 3 aromatic rings. The summed E-state index contributed by atoms with van der Waals surface area (Å²) in [5.74, 6) is 1.25. The maximum Gasteiger partial charge on any atom is 0.243 e. The Morgan fingerprint density at radius 3 is 2.38 bits per heavy atom. The minimum atomic E-state index is -0.430. The summed E-state index contributed by atoms with van der Waals surface area (Å²) in [6, 6.07) is 9.66. The number of hydrogen-bond donors (Lipinski definition) is 3. The SMILES string of the molecule is COc1ccc(NC(=O)CNc2ccc3c(cc2=O)[C@@H](NC(C)=O)CCc2cc(OC)c(OC)c(OC)c2-3)cn1. The van der Waals surface area contributed by atoms with Crippen LogP contribution in [0, 0.1) is 0 Å². The van der Waals surface area contributed by atoms with Crippen LogP contribution in [0.5, 0.6) is 23.1 Å². The van der Waals surface area contributed by atoms with Gasteiger partial charge in [-0.1, -0.05) is 6.07 Å². The van der Waals surface area contributed by atoms with Crippen LogP contribution in [0.3, 0.4) is 0 Å². The summed E-state index contributed by atoms with van der Waals surface area (Å²) < 4.78 is 22.0. The highest BCUT2D eigenvalue weighted by Crippen LogP contribution is 2.50. The zero-order valence-electron chi connectivity index (χ0n) is 23.0. The molecule has 210 valence electrons. The highest BCUT2D eigenvalue weighted by Gasteiger charge is 2.29. The molecule has 0 aliphatic heterocycles. The van der Waals surface area contributed by atoms with E-state index >= 15 is 0 Å². The van der Waals surface area contributed by atoms with Crippen molar-refractivity contribution in [2.24, 2.45) is 0 Å². The first kappa shape index (κ1) is 28.2. The summed E-state index contributed by atoms with van der Waals surface area (Å²) in [6.07, 6.45) is 2.61. The van der Waals surface area contributed by atoms with E-state index in [2.05, 4.69) is 20.9 Å². The van der Waals surface area contributed by atoms with Gasteiger partial charge in [0, 0.05) is 18.6 Å². The lowest BCUT2D eigenvalue weighted by molar-refractivity contribution is -0.119. The van der Waals surface area contributed by atoms with Crippen molar-refractivity contribution in [3.63, 3.8) is 0 Å². The lowest BCUT2D eigenvalue weighted by atomic mass is 9.95. The molecule has 4 rings (SSSR count). The Hall–Kier alpha value is -4.80. The van der Waals surface area contributed by atoms with Crippen LogP contribution in [0.25, 0.3) is 11.1 Å². The maximum atomic E-state index is 13.4. The smallest absolute Gasteiger partial charge is 0.243 e. The average Bonchev–Trinajstić information content (AvgIpc) is 3.19. The van der Waals surface area contributed by atoms with Crippen LogP contribution in [0.2, 0.25) is 0 Å². The number of carbonyl (C=O) groups excluding carboxylic acids is 2. The lowest BCUT2D eigenvalue weighted by Gasteiger charge is -2.19. The molecule has 0 bridgehead atoms. The Labute approximate surface area is 231 Å². The minimum absolute atomic E-state index is 0.157. The monoisotopic (exact) mass is 548 g/mol. The molecule has 0 fully saturated rings. The molecule has 2 aromatic carbocycles. The molecular formula is C29H32N4O7. The van der Waals surface area contributed by atoms with Gasteiger partial charge in [0.1, 0.15) is 0 Å². The van der Waals surface area contributed by atoms with E-state index in [1.165, 1.54) is 33.4 Å². The summed E-state index contributed by atoms with van der Waals surface area (Å²) in [7, 11) is 6.13. The number of fused-ring (bicyclic) bond motifs is 3. The quantitative estimate of drug-likeness (QED) is 0.368. The summed E-state index contributed by atoms with van der Waals surface area (Å²) in [6.45, 7) is 1.28. The fourth-order valence-electron chi connectivity index (χ4n) is 4.81. The van der Waals surface area contributed by atoms with Crippen LogP contribution < -0.4 is 40.3 Å². The van der Waals surface area contributed by atoms with Gasteiger partial charge >= 0.3 is 0 Å². The van der Waals surface area contributed by atoms with Gasteiger partial charge in [-0.05, 0) is 53.8 Å². The van der Waals surface area contributed by atoms with Crippen LogP contribution in [-0.2, 0) is 16.0 Å². The van der Waals surface area contributed by atoms with E-state index in [4.69, 9.17) is 18.9 Å². The first-order valence-electron chi connectivity index (χ1n) is 12.6.